The van der Waals surface area contributed by atoms with Crippen molar-refractivity contribution in [2.75, 3.05) is 6.61 Å². The third-order valence-corrected chi connectivity index (χ3v) is 2.69. The third kappa shape index (κ3) is 3.43. The normalized spacial score (nSPS) is 14.2. The van der Waals surface area contributed by atoms with Crippen molar-refractivity contribution in [1.29, 1.82) is 0 Å². The smallest absolute Gasteiger partial charge is 0.338 e. The van der Waals surface area contributed by atoms with Gasteiger partial charge in [-0.15, -0.1) is 0 Å². The van der Waals surface area contributed by atoms with Crippen LogP contribution in [-0.4, -0.2) is 28.9 Å². The van der Waals surface area contributed by atoms with E-state index in [1.807, 2.05) is 6.07 Å². The van der Waals surface area contributed by atoms with Crippen molar-refractivity contribution < 1.29 is 19.7 Å². The van der Waals surface area contributed by atoms with Crippen molar-refractivity contribution in [3.05, 3.63) is 33.4 Å². The van der Waals surface area contributed by atoms with E-state index in [0.717, 1.165) is 3.57 Å². The summed E-state index contributed by atoms with van der Waals surface area (Å²) in [5.41, 5.74) is 0.493. The number of benzene rings is 1. The van der Waals surface area contributed by atoms with E-state index in [1.54, 1.807) is 25.1 Å². The molecule has 0 radical (unpaired) electrons. The maximum absolute atomic E-state index is 11.2. The minimum atomic E-state index is -1.54. The van der Waals surface area contributed by atoms with E-state index in [9.17, 15) is 15.0 Å². The summed E-state index contributed by atoms with van der Waals surface area (Å²) in [5.74, 6) is -0.811. The maximum atomic E-state index is 11.2. The average molecular weight is 336 g/mol. The molecule has 16 heavy (non-hydrogen) atoms. The molecular formula is C11H13IO4. The van der Waals surface area contributed by atoms with Gasteiger partial charge in [0.1, 0.15) is 6.10 Å². The van der Waals surface area contributed by atoms with Crippen LogP contribution < -0.4 is 0 Å². The Balaban J connectivity index is 2.77. The van der Waals surface area contributed by atoms with Gasteiger partial charge < -0.3 is 14.9 Å². The van der Waals surface area contributed by atoms with Crippen LogP contribution in [0.4, 0.5) is 0 Å². The molecule has 5 heteroatoms. The van der Waals surface area contributed by atoms with Crippen molar-refractivity contribution >= 4 is 28.6 Å². The summed E-state index contributed by atoms with van der Waals surface area (Å²) in [6.45, 7) is 1.82. The summed E-state index contributed by atoms with van der Waals surface area (Å²) in [7, 11) is 0. The lowest BCUT2D eigenvalue weighted by Gasteiger charge is -2.16. The summed E-state index contributed by atoms with van der Waals surface area (Å²) >= 11 is 2.09. The van der Waals surface area contributed by atoms with Crippen molar-refractivity contribution in [1.82, 2.24) is 0 Å². The van der Waals surface area contributed by atoms with Crippen LogP contribution >= 0.6 is 22.6 Å². The fraction of sp³-hybridized carbons (Fsp3) is 0.364. The zero-order valence-electron chi connectivity index (χ0n) is 8.76. The van der Waals surface area contributed by atoms with E-state index in [0.29, 0.717) is 5.56 Å². The summed E-state index contributed by atoms with van der Waals surface area (Å²) in [6, 6.07) is 6.95. The van der Waals surface area contributed by atoms with E-state index < -0.39 is 18.2 Å². The van der Waals surface area contributed by atoms with Crippen LogP contribution in [0.1, 0.15) is 18.6 Å². The van der Waals surface area contributed by atoms with Gasteiger partial charge in [-0.2, -0.15) is 0 Å². The Morgan fingerprint density at radius 3 is 2.75 bits per heavy atom. The van der Waals surface area contributed by atoms with Crippen LogP contribution in [0.5, 0.6) is 0 Å². The number of aliphatic hydroxyl groups excluding tert-OH is 2. The molecule has 0 spiro atoms. The van der Waals surface area contributed by atoms with Gasteiger partial charge in [-0.1, -0.05) is 12.1 Å². The first-order chi connectivity index (χ1) is 7.56. The lowest BCUT2D eigenvalue weighted by molar-refractivity contribution is -0.159. The number of ether oxygens (including phenoxy) is 1. The predicted molar refractivity (Wildman–Crippen MR) is 66.8 cm³/mol. The summed E-state index contributed by atoms with van der Waals surface area (Å²) < 4.78 is 5.55. The molecule has 0 aliphatic heterocycles. The van der Waals surface area contributed by atoms with E-state index in [1.165, 1.54) is 0 Å². The van der Waals surface area contributed by atoms with Crippen LogP contribution in [0.15, 0.2) is 24.3 Å². The predicted octanol–water partition coefficient (Wildman–Crippen LogP) is 1.25. The van der Waals surface area contributed by atoms with Gasteiger partial charge in [0.05, 0.1) is 6.61 Å². The van der Waals surface area contributed by atoms with E-state index in [4.69, 9.17) is 0 Å². The quantitative estimate of drug-likeness (QED) is 0.642. The zero-order valence-corrected chi connectivity index (χ0v) is 10.9. The molecule has 0 heterocycles. The highest BCUT2D eigenvalue weighted by atomic mass is 127. The lowest BCUT2D eigenvalue weighted by Crippen LogP contribution is -2.29. The summed E-state index contributed by atoms with van der Waals surface area (Å²) in [6.07, 6.45) is -2.80. The molecule has 2 unspecified atom stereocenters. The molecule has 88 valence electrons. The molecule has 2 atom stereocenters. The molecule has 0 aliphatic rings. The SMILES string of the molecule is CCOC(=O)C(O)C(O)c1cccc(I)c1. The molecular weight excluding hydrogens is 323 g/mol. The number of halogens is 1. The first-order valence-corrected chi connectivity index (χ1v) is 5.92. The third-order valence-electron chi connectivity index (χ3n) is 2.02. The van der Waals surface area contributed by atoms with Crippen molar-refractivity contribution in [2.45, 2.75) is 19.1 Å². The second kappa shape index (κ2) is 6.17. The molecule has 1 aromatic carbocycles. The topological polar surface area (TPSA) is 66.8 Å². The molecule has 1 aromatic rings. The summed E-state index contributed by atoms with van der Waals surface area (Å²) in [5, 5.41) is 19.3. The van der Waals surface area contributed by atoms with Gasteiger partial charge in [-0.3, -0.25) is 0 Å². The maximum Gasteiger partial charge on any atom is 0.338 e. The molecule has 0 fully saturated rings. The van der Waals surface area contributed by atoms with E-state index in [-0.39, 0.29) is 6.61 Å². The number of rotatable bonds is 4. The van der Waals surface area contributed by atoms with Gasteiger partial charge in [-0.25, -0.2) is 4.79 Å². The minimum Gasteiger partial charge on any atom is -0.464 e. The van der Waals surface area contributed by atoms with E-state index in [2.05, 4.69) is 27.3 Å². The average Bonchev–Trinajstić information content (AvgIpc) is 2.27. The van der Waals surface area contributed by atoms with Crippen molar-refractivity contribution in [3.63, 3.8) is 0 Å². The standard InChI is InChI=1S/C11H13IO4/c1-2-16-11(15)10(14)9(13)7-4-3-5-8(12)6-7/h3-6,9-10,13-14H,2H2,1H3. The van der Waals surface area contributed by atoms with Crippen LogP contribution in [0.2, 0.25) is 0 Å². The lowest BCUT2D eigenvalue weighted by atomic mass is 10.0. The Hall–Kier alpha value is -0.660. The fourth-order valence-electron chi connectivity index (χ4n) is 1.23. The number of hydrogen-bond acceptors (Lipinski definition) is 4. The molecule has 1 rings (SSSR count). The monoisotopic (exact) mass is 336 g/mol. The first kappa shape index (κ1) is 13.4. The highest BCUT2D eigenvalue weighted by Gasteiger charge is 2.26. The molecule has 2 N–H and O–H groups in total. The van der Waals surface area contributed by atoms with Crippen LogP contribution in [-0.2, 0) is 9.53 Å². The van der Waals surface area contributed by atoms with Crippen LogP contribution in [0, 0.1) is 3.57 Å². The first-order valence-electron chi connectivity index (χ1n) is 4.84. The number of carbonyl (C=O) groups is 1. The highest BCUT2D eigenvalue weighted by Crippen LogP contribution is 2.19. The van der Waals surface area contributed by atoms with Gasteiger partial charge in [0.15, 0.2) is 6.10 Å². The second-order valence-electron chi connectivity index (χ2n) is 3.20. The van der Waals surface area contributed by atoms with Gasteiger partial charge in [0.2, 0.25) is 0 Å². The van der Waals surface area contributed by atoms with Gasteiger partial charge in [0.25, 0.3) is 0 Å². The Bertz CT molecular complexity index is 367. The Morgan fingerprint density at radius 1 is 1.50 bits per heavy atom. The molecule has 0 bridgehead atoms. The fourth-order valence-corrected chi connectivity index (χ4v) is 1.80. The Labute approximate surface area is 107 Å². The van der Waals surface area contributed by atoms with E-state index >= 15 is 0 Å². The van der Waals surface area contributed by atoms with Crippen molar-refractivity contribution in [3.8, 4) is 0 Å². The zero-order chi connectivity index (χ0) is 12.1. The molecule has 4 nitrogen and oxygen atoms in total. The molecule has 0 aliphatic carbocycles. The van der Waals surface area contributed by atoms with Gasteiger partial charge >= 0.3 is 5.97 Å². The largest absolute Gasteiger partial charge is 0.464 e. The molecule has 0 saturated carbocycles. The highest BCUT2D eigenvalue weighted by molar-refractivity contribution is 14.1. The Morgan fingerprint density at radius 2 is 2.19 bits per heavy atom. The van der Waals surface area contributed by atoms with Crippen molar-refractivity contribution in [2.24, 2.45) is 0 Å². The van der Waals surface area contributed by atoms with Crippen LogP contribution in [0.25, 0.3) is 0 Å². The molecule has 0 amide bonds. The van der Waals surface area contributed by atoms with Gasteiger partial charge in [0, 0.05) is 3.57 Å². The number of hydrogen-bond donors (Lipinski definition) is 2. The minimum absolute atomic E-state index is 0.176. The Kier molecular flexibility index (Phi) is 5.17. The number of aliphatic hydroxyl groups is 2. The number of carbonyl (C=O) groups excluding carboxylic acids is 1. The molecule has 0 aromatic heterocycles. The summed E-state index contributed by atoms with van der Waals surface area (Å²) in [4.78, 5) is 11.2. The molecule has 0 saturated heterocycles. The number of esters is 1. The van der Waals surface area contributed by atoms with Crippen LogP contribution in [0.3, 0.4) is 0 Å². The second-order valence-corrected chi connectivity index (χ2v) is 4.44. The van der Waals surface area contributed by atoms with Gasteiger partial charge in [-0.05, 0) is 47.2 Å².